The first-order chi connectivity index (χ1) is 8.06. The van der Waals surface area contributed by atoms with E-state index >= 15 is 0 Å². The summed E-state index contributed by atoms with van der Waals surface area (Å²) in [5.74, 6) is 0.836. The number of nitrogens with zero attached hydrogens (tertiary/aromatic N) is 2. The Morgan fingerprint density at radius 2 is 2.06 bits per heavy atom. The number of hydrogen-bond donors (Lipinski definition) is 0. The molecule has 0 bridgehead atoms. The summed E-state index contributed by atoms with van der Waals surface area (Å²) in [5.41, 5.74) is 0.856. The van der Waals surface area contributed by atoms with E-state index in [2.05, 4.69) is 5.10 Å². The molecule has 0 fully saturated rings. The number of ether oxygens (including phenoxy) is 2. The Morgan fingerprint density at radius 3 is 2.82 bits per heavy atom. The first kappa shape index (κ1) is 11.9. The molecule has 2 heterocycles. The van der Waals surface area contributed by atoms with Crippen LogP contribution in [0.15, 0.2) is 30.6 Å². The third-order valence-electron chi connectivity index (χ3n) is 2.27. The molecule has 0 spiro atoms. The van der Waals surface area contributed by atoms with Crippen LogP contribution in [0.4, 0.5) is 0 Å². The Kier molecular flexibility index (Phi) is 3.33. The van der Waals surface area contributed by atoms with Gasteiger partial charge in [0.1, 0.15) is 17.9 Å². The molecule has 2 aromatic rings. The van der Waals surface area contributed by atoms with Crippen LogP contribution < -0.4 is 4.74 Å². The molecule has 0 unspecified atom stereocenters. The smallest absolute Gasteiger partial charge is 0.145 e. The molecule has 0 saturated heterocycles. The van der Waals surface area contributed by atoms with Crippen LogP contribution in [-0.2, 0) is 4.74 Å². The highest BCUT2D eigenvalue weighted by molar-refractivity contribution is 5.58. The minimum absolute atomic E-state index is 0.119. The third-order valence-corrected chi connectivity index (χ3v) is 2.27. The van der Waals surface area contributed by atoms with Crippen LogP contribution in [0.5, 0.6) is 5.75 Å². The van der Waals surface area contributed by atoms with E-state index in [0.29, 0.717) is 13.2 Å². The largest absolute Gasteiger partial charge is 0.489 e. The summed E-state index contributed by atoms with van der Waals surface area (Å²) >= 11 is 0. The third kappa shape index (κ3) is 3.20. The van der Waals surface area contributed by atoms with E-state index in [1.807, 2.05) is 45.2 Å². The first-order valence-corrected chi connectivity index (χ1v) is 5.75. The van der Waals surface area contributed by atoms with Gasteiger partial charge in [-0.1, -0.05) is 0 Å². The van der Waals surface area contributed by atoms with Crippen LogP contribution in [-0.4, -0.2) is 28.4 Å². The highest BCUT2D eigenvalue weighted by Crippen LogP contribution is 2.18. The summed E-state index contributed by atoms with van der Waals surface area (Å²) in [4.78, 5) is 0. The molecule has 2 aromatic heterocycles. The molecular formula is C13H18N2O2. The van der Waals surface area contributed by atoms with Crippen molar-refractivity contribution in [3.8, 4) is 5.75 Å². The maximum atomic E-state index is 5.69. The molecule has 17 heavy (non-hydrogen) atoms. The number of fused-ring (bicyclic) bond motifs is 1. The van der Waals surface area contributed by atoms with Crippen molar-refractivity contribution in [2.24, 2.45) is 0 Å². The average molecular weight is 234 g/mol. The number of pyridine rings is 1. The molecule has 0 aliphatic heterocycles. The fourth-order valence-electron chi connectivity index (χ4n) is 1.55. The molecule has 0 aromatic carbocycles. The van der Waals surface area contributed by atoms with E-state index in [9.17, 15) is 0 Å². The Hall–Kier alpha value is -1.55. The number of aromatic nitrogens is 2. The van der Waals surface area contributed by atoms with Crippen molar-refractivity contribution in [1.82, 2.24) is 9.61 Å². The standard InChI is InChI=1S/C13H18N2O2/c1-13(2,3)17-10-9-16-12-5-4-8-15-11(12)6-7-14-15/h4-8H,9-10H2,1-3H3. The van der Waals surface area contributed by atoms with Crippen LogP contribution in [0.2, 0.25) is 0 Å². The average Bonchev–Trinajstić information content (AvgIpc) is 2.71. The molecule has 0 aliphatic rings. The van der Waals surface area contributed by atoms with Crippen molar-refractivity contribution in [3.63, 3.8) is 0 Å². The molecule has 0 atom stereocenters. The second-order valence-electron chi connectivity index (χ2n) is 4.84. The molecule has 0 saturated carbocycles. The van der Waals surface area contributed by atoms with Gasteiger partial charge in [-0.25, -0.2) is 4.52 Å². The van der Waals surface area contributed by atoms with Crippen molar-refractivity contribution in [2.45, 2.75) is 26.4 Å². The highest BCUT2D eigenvalue weighted by atomic mass is 16.5. The minimum Gasteiger partial charge on any atom is -0.489 e. The maximum Gasteiger partial charge on any atom is 0.145 e. The van der Waals surface area contributed by atoms with E-state index < -0.39 is 0 Å². The molecule has 0 N–H and O–H groups in total. The molecule has 0 amide bonds. The summed E-state index contributed by atoms with van der Waals surface area (Å²) in [6.07, 6.45) is 3.65. The minimum atomic E-state index is -0.119. The van der Waals surface area contributed by atoms with E-state index in [4.69, 9.17) is 9.47 Å². The quantitative estimate of drug-likeness (QED) is 0.763. The summed E-state index contributed by atoms with van der Waals surface area (Å²) in [6.45, 7) is 7.22. The lowest BCUT2D eigenvalue weighted by molar-refractivity contribution is -0.0161. The van der Waals surface area contributed by atoms with Gasteiger partial charge in [0, 0.05) is 6.20 Å². The van der Waals surface area contributed by atoms with Gasteiger partial charge in [-0.3, -0.25) is 0 Å². The van der Waals surface area contributed by atoms with Crippen LogP contribution in [0, 0.1) is 0 Å². The summed E-state index contributed by atoms with van der Waals surface area (Å²) in [7, 11) is 0. The lowest BCUT2D eigenvalue weighted by Gasteiger charge is -2.19. The van der Waals surface area contributed by atoms with Crippen molar-refractivity contribution < 1.29 is 9.47 Å². The van der Waals surface area contributed by atoms with E-state index in [1.54, 1.807) is 10.7 Å². The van der Waals surface area contributed by atoms with Crippen LogP contribution in [0.1, 0.15) is 20.8 Å². The molecule has 0 aliphatic carbocycles. The molecule has 2 rings (SSSR count). The van der Waals surface area contributed by atoms with E-state index in [0.717, 1.165) is 11.3 Å². The second-order valence-corrected chi connectivity index (χ2v) is 4.84. The molecule has 0 radical (unpaired) electrons. The Labute approximate surface area is 101 Å². The molecule has 4 nitrogen and oxygen atoms in total. The predicted octanol–water partition coefficient (Wildman–Crippen LogP) is 2.53. The van der Waals surface area contributed by atoms with Crippen molar-refractivity contribution in [2.75, 3.05) is 13.2 Å². The van der Waals surface area contributed by atoms with Gasteiger partial charge >= 0.3 is 0 Å². The Morgan fingerprint density at radius 1 is 1.24 bits per heavy atom. The lowest BCUT2D eigenvalue weighted by Crippen LogP contribution is -2.22. The van der Waals surface area contributed by atoms with Crippen LogP contribution >= 0.6 is 0 Å². The van der Waals surface area contributed by atoms with Crippen LogP contribution in [0.3, 0.4) is 0 Å². The SMILES string of the molecule is CC(C)(C)OCCOc1cccn2nccc12. The zero-order chi connectivity index (χ0) is 12.3. The first-order valence-electron chi connectivity index (χ1n) is 5.75. The normalized spacial score (nSPS) is 11.9. The van der Waals surface area contributed by atoms with Gasteiger partial charge in [0.15, 0.2) is 0 Å². The fourth-order valence-corrected chi connectivity index (χ4v) is 1.55. The molecule has 4 heteroatoms. The number of rotatable bonds is 4. The van der Waals surface area contributed by atoms with E-state index in [-0.39, 0.29) is 5.60 Å². The fraction of sp³-hybridized carbons (Fsp3) is 0.462. The Bertz CT molecular complexity index is 485. The second kappa shape index (κ2) is 4.75. The summed E-state index contributed by atoms with van der Waals surface area (Å²) < 4.78 is 13.1. The zero-order valence-electron chi connectivity index (χ0n) is 10.5. The zero-order valence-corrected chi connectivity index (χ0v) is 10.5. The topological polar surface area (TPSA) is 35.8 Å². The van der Waals surface area contributed by atoms with Gasteiger partial charge in [-0.05, 0) is 39.0 Å². The summed E-state index contributed by atoms with van der Waals surface area (Å²) in [6, 6.07) is 5.79. The van der Waals surface area contributed by atoms with Gasteiger partial charge < -0.3 is 9.47 Å². The van der Waals surface area contributed by atoms with Gasteiger partial charge in [0.05, 0.1) is 18.4 Å². The van der Waals surface area contributed by atoms with Gasteiger partial charge in [-0.15, -0.1) is 0 Å². The van der Waals surface area contributed by atoms with Gasteiger partial charge in [-0.2, -0.15) is 5.10 Å². The van der Waals surface area contributed by atoms with Gasteiger partial charge in [0.25, 0.3) is 0 Å². The highest BCUT2D eigenvalue weighted by Gasteiger charge is 2.09. The Balaban J connectivity index is 1.93. The van der Waals surface area contributed by atoms with Crippen LogP contribution in [0.25, 0.3) is 5.52 Å². The molecular weight excluding hydrogens is 216 g/mol. The predicted molar refractivity (Wildman–Crippen MR) is 66.4 cm³/mol. The summed E-state index contributed by atoms with van der Waals surface area (Å²) in [5, 5.41) is 4.15. The lowest BCUT2D eigenvalue weighted by atomic mass is 10.2. The van der Waals surface area contributed by atoms with Crippen molar-refractivity contribution in [3.05, 3.63) is 30.6 Å². The van der Waals surface area contributed by atoms with Crippen molar-refractivity contribution in [1.29, 1.82) is 0 Å². The number of hydrogen-bond acceptors (Lipinski definition) is 3. The van der Waals surface area contributed by atoms with Gasteiger partial charge in [0.2, 0.25) is 0 Å². The molecule has 92 valence electrons. The monoisotopic (exact) mass is 234 g/mol. The maximum absolute atomic E-state index is 5.69. The van der Waals surface area contributed by atoms with E-state index in [1.165, 1.54) is 0 Å². The van der Waals surface area contributed by atoms with Crippen molar-refractivity contribution >= 4 is 5.52 Å².